The number of halogens is 1. The first-order chi connectivity index (χ1) is 34.8. The molecule has 8 aromatic rings. The number of ether oxygens (including phenoxy) is 4. The second-order valence-corrected chi connectivity index (χ2v) is 22.4. The molecule has 372 valence electrons. The van der Waals surface area contributed by atoms with E-state index in [1.807, 2.05) is 41.5 Å². The number of rotatable bonds is 12. The Balaban J connectivity index is 0.000000141. The van der Waals surface area contributed by atoms with E-state index in [9.17, 15) is 0 Å². The van der Waals surface area contributed by atoms with Crippen LogP contribution in [0.2, 0.25) is 5.02 Å². The van der Waals surface area contributed by atoms with E-state index in [4.69, 9.17) is 36.3 Å². The highest BCUT2D eigenvalue weighted by Crippen LogP contribution is 2.39. The lowest BCUT2D eigenvalue weighted by atomic mass is 9.99. The van der Waals surface area contributed by atoms with Crippen LogP contribution in [0.5, 0.6) is 0 Å². The van der Waals surface area contributed by atoms with Crippen molar-refractivity contribution in [2.45, 2.75) is 89.9 Å². The highest BCUT2D eigenvalue weighted by molar-refractivity contribution is 7.20. The summed E-state index contributed by atoms with van der Waals surface area (Å²) in [5, 5.41) is 6.59. The number of fused-ring (bicyclic) bond motifs is 4. The van der Waals surface area contributed by atoms with Crippen molar-refractivity contribution < 1.29 is 18.9 Å². The number of thiazole rings is 2. The molecule has 0 radical (unpaired) electrons. The van der Waals surface area contributed by atoms with Crippen molar-refractivity contribution in [3.8, 4) is 0 Å². The average Bonchev–Trinajstić information content (AvgIpc) is 4.24. The third-order valence-electron chi connectivity index (χ3n) is 13.5. The van der Waals surface area contributed by atoms with E-state index in [0.717, 1.165) is 138 Å². The Bertz CT molecular complexity index is 3080. The maximum absolute atomic E-state index is 6.33. The summed E-state index contributed by atoms with van der Waals surface area (Å²) in [6.45, 7) is 11.7. The largest absolute Gasteiger partial charge is 0.399 e. The van der Waals surface area contributed by atoms with Crippen molar-refractivity contribution in [2.75, 3.05) is 63.7 Å². The molecule has 4 atom stereocenters. The van der Waals surface area contributed by atoms with E-state index in [-0.39, 0.29) is 12.6 Å². The van der Waals surface area contributed by atoms with Gasteiger partial charge in [0, 0.05) is 95.8 Å². The summed E-state index contributed by atoms with van der Waals surface area (Å²) in [6.07, 6.45) is 17.3. The Hall–Kier alpha value is -4.43. The number of hydrogen-bond acceptors (Lipinski definition) is 16. The first-order valence-electron chi connectivity index (χ1n) is 24.8. The highest BCUT2D eigenvalue weighted by atomic mass is 35.5. The number of pyridine rings is 2. The first kappa shape index (κ1) is 50.1. The molecule has 4 unspecified atom stereocenters. The number of benzene rings is 2. The molecule has 17 heteroatoms. The molecular weight excluding hydrogens is 988 g/mol. The van der Waals surface area contributed by atoms with Crippen molar-refractivity contribution in [2.24, 2.45) is 0 Å². The molecule has 2 aromatic carbocycles. The minimum Gasteiger partial charge on any atom is -0.399 e. The van der Waals surface area contributed by atoms with E-state index < -0.39 is 0 Å². The molecule has 4 aliphatic heterocycles. The second kappa shape index (κ2) is 24.1. The number of nitrogen functional groups attached to an aromatic ring is 1. The Morgan fingerprint density at radius 1 is 0.676 bits per heavy atom. The van der Waals surface area contributed by atoms with Crippen molar-refractivity contribution in [3.63, 3.8) is 0 Å². The van der Waals surface area contributed by atoms with Crippen LogP contribution in [0.15, 0.2) is 96.2 Å². The maximum atomic E-state index is 6.33. The molecule has 0 saturated carbocycles. The normalized spacial score (nSPS) is 21.1. The zero-order valence-corrected chi connectivity index (χ0v) is 44.3. The van der Waals surface area contributed by atoms with Gasteiger partial charge in [0.25, 0.3) is 0 Å². The van der Waals surface area contributed by atoms with Gasteiger partial charge in [-0.05, 0) is 137 Å². The van der Waals surface area contributed by atoms with Crippen LogP contribution in [0.3, 0.4) is 0 Å². The van der Waals surface area contributed by atoms with E-state index in [1.54, 1.807) is 51.5 Å². The summed E-state index contributed by atoms with van der Waals surface area (Å²) in [7, 11) is 0. The summed E-state index contributed by atoms with van der Waals surface area (Å²) in [6, 6.07) is 21.2. The molecule has 0 amide bonds. The summed E-state index contributed by atoms with van der Waals surface area (Å²) in [4.78, 5) is 27.4. The van der Waals surface area contributed by atoms with Crippen LogP contribution < -0.4 is 11.1 Å². The summed E-state index contributed by atoms with van der Waals surface area (Å²) in [5.41, 5.74) is 16.9. The summed E-state index contributed by atoms with van der Waals surface area (Å²) in [5.74, 6) is 0. The standard InChI is InChI=1S/C27H30N4O2S2.C20H25ClN2O2S.C7H6N2S/c1-18-20(5-4-11-31(18)12-14-33-26-6-2-3-13-32-26)25-16-21-22(9-10-28-27(21)35-25)30-19-7-8-24-23(15-19)29-17-34-24;1-14-15(18-13-16-17(21)7-8-22-20(16)26-18)5-4-9-23(14)10-12-25-19-6-2-3-11-24-19;8-5-1-2-7-6(3-5)9-4-10-7/h5,7-10,15-18,26H,2-4,6,11-14H2,1H3,(H,28,30);5,7-8,13-14,19H,2-4,6,9-12H2,1H3;1-4H,8H2. The molecule has 71 heavy (non-hydrogen) atoms. The average molecular weight is 1050 g/mol. The molecule has 12 nitrogen and oxygen atoms in total. The van der Waals surface area contributed by atoms with Gasteiger partial charge in [-0.2, -0.15) is 0 Å². The predicted molar refractivity (Wildman–Crippen MR) is 298 cm³/mol. The van der Waals surface area contributed by atoms with E-state index in [1.165, 1.54) is 43.1 Å². The van der Waals surface area contributed by atoms with Crippen molar-refractivity contribution in [1.82, 2.24) is 29.7 Å². The lowest BCUT2D eigenvalue weighted by molar-refractivity contribution is -0.164. The molecule has 4 aliphatic rings. The van der Waals surface area contributed by atoms with Gasteiger partial charge in [-0.15, -0.1) is 45.3 Å². The van der Waals surface area contributed by atoms with Gasteiger partial charge >= 0.3 is 0 Å². The SMILES string of the molecule is CC1C(c2cc3c(Cl)ccnc3s2)=CCCN1CCOC1CCCCO1.CC1C(c2cc3c(Nc4ccc5scnc5c4)ccnc3s2)=CCCN1CCOC1CCCCO1.Nc1ccc2scnc2c1. The quantitative estimate of drug-likeness (QED) is 0.113. The van der Waals surface area contributed by atoms with Crippen molar-refractivity contribution in [1.29, 1.82) is 0 Å². The topological polar surface area (TPSA) is 133 Å². The molecule has 0 aliphatic carbocycles. The third-order valence-corrected chi connectivity index (χ3v) is 17.7. The highest BCUT2D eigenvalue weighted by Gasteiger charge is 2.27. The smallest absolute Gasteiger partial charge is 0.157 e. The fourth-order valence-corrected chi connectivity index (χ4v) is 13.5. The van der Waals surface area contributed by atoms with Gasteiger partial charge in [0.1, 0.15) is 9.66 Å². The van der Waals surface area contributed by atoms with Gasteiger partial charge < -0.3 is 30.0 Å². The Morgan fingerprint density at radius 2 is 1.24 bits per heavy atom. The van der Waals surface area contributed by atoms with E-state index in [0.29, 0.717) is 18.7 Å². The molecule has 10 heterocycles. The number of nitrogens with one attached hydrogen (secondary N) is 1. The summed E-state index contributed by atoms with van der Waals surface area (Å²) < 4.78 is 25.7. The number of thiophene rings is 2. The number of nitrogens with zero attached hydrogens (tertiary/aromatic N) is 6. The van der Waals surface area contributed by atoms with E-state index >= 15 is 0 Å². The van der Waals surface area contributed by atoms with Crippen LogP contribution in [0, 0.1) is 0 Å². The van der Waals surface area contributed by atoms with E-state index in [2.05, 4.69) is 97.5 Å². The van der Waals surface area contributed by atoms with Crippen LogP contribution in [-0.2, 0) is 18.9 Å². The number of nitrogens with two attached hydrogens (primary N) is 1. The van der Waals surface area contributed by atoms with Gasteiger partial charge in [0.2, 0.25) is 0 Å². The van der Waals surface area contributed by atoms with Crippen LogP contribution in [-0.4, -0.2) is 107 Å². The molecular formula is C54H61ClN8O4S4. The molecule has 0 spiro atoms. The Kier molecular flexibility index (Phi) is 17.0. The Morgan fingerprint density at radius 3 is 1.83 bits per heavy atom. The van der Waals surface area contributed by atoms with Gasteiger partial charge in [-0.25, -0.2) is 19.9 Å². The molecule has 6 aromatic heterocycles. The monoisotopic (exact) mass is 1050 g/mol. The van der Waals surface area contributed by atoms with Gasteiger partial charge in [0.15, 0.2) is 12.6 Å². The van der Waals surface area contributed by atoms with Crippen LogP contribution in [0.25, 0.3) is 52.0 Å². The lowest BCUT2D eigenvalue weighted by Crippen LogP contribution is -2.40. The molecule has 3 N–H and O–H groups in total. The minimum atomic E-state index is -0.0188. The van der Waals surface area contributed by atoms with Crippen molar-refractivity contribution in [3.05, 3.63) is 111 Å². The van der Waals surface area contributed by atoms with Crippen LogP contribution >= 0.6 is 56.9 Å². The number of aromatic nitrogens is 4. The van der Waals surface area contributed by atoms with Gasteiger partial charge in [-0.3, -0.25) is 9.80 Å². The molecule has 12 rings (SSSR count). The fourth-order valence-electron chi connectivity index (χ4n) is 9.61. The molecule has 2 saturated heterocycles. The molecule has 2 fully saturated rings. The third kappa shape index (κ3) is 12.5. The van der Waals surface area contributed by atoms with Gasteiger partial charge in [-0.1, -0.05) is 23.8 Å². The van der Waals surface area contributed by atoms with Crippen molar-refractivity contribution >= 4 is 126 Å². The lowest BCUT2D eigenvalue weighted by Gasteiger charge is -2.34. The number of hydrogen-bond donors (Lipinski definition) is 2. The zero-order chi connectivity index (χ0) is 48.5. The zero-order valence-electron chi connectivity index (χ0n) is 40.3. The van der Waals surface area contributed by atoms with Crippen LogP contribution in [0.1, 0.15) is 75.0 Å². The van der Waals surface area contributed by atoms with Gasteiger partial charge in [0.05, 0.1) is 55.4 Å². The second-order valence-electron chi connectivity index (χ2n) is 18.2. The number of anilines is 3. The summed E-state index contributed by atoms with van der Waals surface area (Å²) >= 11 is 13.1. The predicted octanol–water partition coefficient (Wildman–Crippen LogP) is 13.5. The maximum Gasteiger partial charge on any atom is 0.157 e. The first-order valence-corrected chi connectivity index (χ1v) is 28.6. The fraction of sp³-hybridized carbons (Fsp3) is 0.407. The minimum absolute atomic E-state index is 0.00493. The molecule has 0 bridgehead atoms. The van der Waals surface area contributed by atoms with Crippen LogP contribution in [0.4, 0.5) is 17.1 Å². The Labute approximate surface area is 436 Å².